The van der Waals surface area contributed by atoms with Crippen LogP contribution < -0.4 is 16.2 Å². The number of carbonyl (C=O) groups excluding carboxylic acids is 2. The highest BCUT2D eigenvalue weighted by Crippen LogP contribution is 2.22. The van der Waals surface area contributed by atoms with Gasteiger partial charge in [0.15, 0.2) is 0 Å². The molecule has 3 rings (SSSR count). The van der Waals surface area contributed by atoms with Gasteiger partial charge in [-0.25, -0.2) is 5.43 Å². The zero-order valence-electron chi connectivity index (χ0n) is 11.5. The van der Waals surface area contributed by atoms with Gasteiger partial charge in [-0.1, -0.05) is 41.9 Å². The van der Waals surface area contributed by atoms with Crippen LogP contribution in [0.2, 0.25) is 5.02 Å². The normalized spacial score (nSPS) is 20.5. The number of rotatable bonds is 3. The van der Waals surface area contributed by atoms with Crippen molar-refractivity contribution in [3.05, 3.63) is 70.7 Å². The van der Waals surface area contributed by atoms with E-state index in [1.54, 1.807) is 36.4 Å². The zero-order chi connectivity index (χ0) is 15.5. The quantitative estimate of drug-likeness (QED) is 0.809. The van der Waals surface area contributed by atoms with Gasteiger partial charge < -0.3 is 5.32 Å². The number of nitrogens with one attached hydrogen (secondary N) is 3. The standard InChI is InChI=1S/C16H14ClN3O2/c17-12-8-6-10(7-9-12)13-14(16(22)20-19-13)18-15(21)11-4-2-1-3-5-11/h1-9,13-14,19H,(H,18,21)(H,20,22). The summed E-state index contributed by atoms with van der Waals surface area (Å²) in [6, 6.07) is 14.9. The molecule has 6 heteroatoms. The molecule has 0 aliphatic carbocycles. The Hall–Kier alpha value is -2.37. The van der Waals surface area contributed by atoms with E-state index in [9.17, 15) is 9.59 Å². The Morgan fingerprint density at radius 3 is 2.41 bits per heavy atom. The second-order valence-electron chi connectivity index (χ2n) is 4.98. The number of carbonyl (C=O) groups is 2. The minimum atomic E-state index is -0.686. The number of amides is 2. The molecule has 0 spiro atoms. The van der Waals surface area contributed by atoms with E-state index in [-0.39, 0.29) is 17.9 Å². The summed E-state index contributed by atoms with van der Waals surface area (Å²) < 4.78 is 0. The molecule has 1 fully saturated rings. The van der Waals surface area contributed by atoms with Crippen molar-refractivity contribution in [3.8, 4) is 0 Å². The summed E-state index contributed by atoms with van der Waals surface area (Å²) in [5, 5.41) is 3.38. The van der Waals surface area contributed by atoms with Crippen LogP contribution in [0.15, 0.2) is 54.6 Å². The monoisotopic (exact) mass is 315 g/mol. The summed E-state index contributed by atoms with van der Waals surface area (Å²) in [6.07, 6.45) is 0. The smallest absolute Gasteiger partial charge is 0.258 e. The topological polar surface area (TPSA) is 70.2 Å². The largest absolute Gasteiger partial charge is 0.338 e. The van der Waals surface area contributed by atoms with Crippen LogP contribution in [0.25, 0.3) is 0 Å². The minimum absolute atomic E-state index is 0.274. The summed E-state index contributed by atoms with van der Waals surface area (Å²) in [5.74, 6) is -0.562. The van der Waals surface area contributed by atoms with Crippen LogP contribution in [0, 0.1) is 0 Å². The second-order valence-corrected chi connectivity index (χ2v) is 5.42. The third-order valence-electron chi connectivity index (χ3n) is 3.52. The average Bonchev–Trinajstić information content (AvgIpc) is 2.90. The van der Waals surface area contributed by atoms with Crippen molar-refractivity contribution in [2.45, 2.75) is 12.1 Å². The van der Waals surface area contributed by atoms with Crippen molar-refractivity contribution < 1.29 is 9.59 Å². The van der Waals surface area contributed by atoms with E-state index >= 15 is 0 Å². The van der Waals surface area contributed by atoms with E-state index in [4.69, 9.17) is 11.6 Å². The van der Waals surface area contributed by atoms with E-state index in [0.717, 1.165) is 5.56 Å². The first-order valence-corrected chi connectivity index (χ1v) is 7.20. The summed E-state index contributed by atoms with van der Waals surface area (Å²) >= 11 is 5.88. The van der Waals surface area contributed by atoms with Gasteiger partial charge in [-0.3, -0.25) is 15.0 Å². The number of hydrogen-bond donors (Lipinski definition) is 3. The number of benzene rings is 2. The molecular formula is C16H14ClN3O2. The van der Waals surface area contributed by atoms with Crippen LogP contribution >= 0.6 is 11.6 Å². The van der Waals surface area contributed by atoms with Crippen LogP contribution in [0.3, 0.4) is 0 Å². The van der Waals surface area contributed by atoms with Gasteiger partial charge in [0.05, 0.1) is 6.04 Å². The van der Waals surface area contributed by atoms with Gasteiger partial charge in [-0.05, 0) is 29.8 Å². The van der Waals surface area contributed by atoms with Crippen LogP contribution in [-0.4, -0.2) is 17.9 Å². The van der Waals surface area contributed by atoms with Gasteiger partial charge in [0.25, 0.3) is 11.8 Å². The van der Waals surface area contributed by atoms with E-state index < -0.39 is 6.04 Å². The van der Waals surface area contributed by atoms with Gasteiger partial charge in [-0.15, -0.1) is 0 Å². The Bertz CT molecular complexity index is 688. The molecule has 3 N–H and O–H groups in total. The van der Waals surface area contributed by atoms with Gasteiger partial charge in [0.2, 0.25) is 0 Å². The maximum absolute atomic E-state index is 12.2. The fourth-order valence-electron chi connectivity index (χ4n) is 2.37. The minimum Gasteiger partial charge on any atom is -0.338 e. The molecule has 1 aliphatic heterocycles. The molecule has 1 aliphatic rings. The van der Waals surface area contributed by atoms with Crippen molar-refractivity contribution >= 4 is 23.4 Å². The Labute approximate surface area is 132 Å². The van der Waals surface area contributed by atoms with E-state index in [2.05, 4.69) is 16.2 Å². The fraction of sp³-hybridized carbons (Fsp3) is 0.125. The van der Waals surface area contributed by atoms with E-state index in [1.165, 1.54) is 0 Å². The summed E-state index contributed by atoms with van der Waals surface area (Å²) in [5.41, 5.74) is 6.82. The Balaban J connectivity index is 1.79. The Morgan fingerprint density at radius 1 is 1.05 bits per heavy atom. The van der Waals surface area contributed by atoms with Crippen LogP contribution in [0.1, 0.15) is 22.0 Å². The summed E-state index contributed by atoms with van der Waals surface area (Å²) in [6.45, 7) is 0. The van der Waals surface area contributed by atoms with Crippen LogP contribution in [0.4, 0.5) is 0 Å². The third-order valence-corrected chi connectivity index (χ3v) is 3.77. The third kappa shape index (κ3) is 2.95. The van der Waals surface area contributed by atoms with Gasteiger partial charge in [0.1, 0.15) is 6.04 Å². The molecule has 0 radical (unpaired) electrons. The fourth-order valence-corrected chi connectivity index (χ4v) is 2.50. The van der Waals surface area contributed by atoms with Crippen LogP contribution in [0.5, 0.6) is 0 Å². The highest BCUT2D eigenvalue weighted by atomic mass is 35.5. The second kappa shape index (κ2) is 6.17. The molecule has 112 valence electrons. The first-order chi connectivity index (χ1) is 10.6. The molecule has 2 atom stereocenters. The summed E-state index contributed by atoms with van der Waals surface area (Å²) in [4.78, 5) is 24.2. The predicted octanol–water partition coefficient (Wildman–Crippen LogP) is 1.81. The Kier molecular flexibility index (Phi) is 4.09. The predicted molar refractivity (Wildman–Crippen MR) is 83.2 cm³/mol. The van der Waals surface area contributed by atoms with Crippen molar-refractivity contribution in [2.24, 2.45) is 0 Å². The molecular weight excluding hydrogens is 302 g/mol. The van der Waals surface area contributed by atoms with E-state index in [1.807, 2.05) is 18.2 Å². The Morgan fingerprint density at radius 2 is 1.73 bits per heavy atom. The van der Waals surface area contributed by atoms with Gasteiger partial charge in [0, 0.05) is 10.6 Å². The number of hydrazine groups is 1. The maximum atomic E-state index is 12.2. The lowest BCUT2D eigenvalue weighted by Crippen LogP contribution is -2.42. The molecule has 22 heavy (non-hydrogen) atoms. The zero-order valence-corrected chi connectivity index (χ0v) is 12.3. The van der Waals surface area contributed by atoms with Gasteiger partial charge >= 0.3 is 0 Å². The van der Waals surface area contributed by atoms with Crippen molar-refractivity contribution in [2.75, 3.05) is 0 Å². The molecule has 2 unspecified atom stereocenters. The lowest BCUT2D eigenvalue weighted by molar-refractivity contribution is -0.121. The van der Waals surface area contributed by atoms with Crippen LogP contribution in [-0.2, 0) is 4.79 Å². The highest BCUT2D eigenvalue weighted by Gasteiger charge is 2.36. The lowest BCUT2D eigenvalue weighted by atomic mass is 10.0. The molecule has 0 bridgehead atoms. The van der Waals surface area contributed by atoms with E-state index in [0.29, 0.717) is 10.6 Å². The summed E-state index contributed by atoms with van der Waals surface area (Å²) in [7, 11) is 0. The molecule has 2 aromatic rings. The molecule has 2 amide bonds. The average molecular weight is 316 g/mol. The van der Waals surface area contributed by atoms with Crippen molar-refractivity contribution in [1.29, 1.82) is 0 Å². The van der Waals surface area contributed by atoms with Crippen molar-refractivity contribution in [3.63, 3.8) is 0 Å². The number of hydrogen-bond acceptors (Lipinski definition) is 3. The number of halogens is 1. The highest BCUT2D eigenvalue weighted by molar-refractivity contribution is 6.30. The lowest BCUT2D eigenvalue weighted by Gasteiger charge is -2.18. The first kappa shape index (κ1) is 14.6. The van der Waals surface area contributed by atoms with Crippen molar-refractivity contribution in [1.82, 2.24) is 16.2 Å². The molecule has 1 saturated heterocycles. The van der Waals surface area contributed by atoms with Gasteiger partial charge in [-0.2, -0.15) is 0 Å². The maximum Gasteiger partial charge on any atom is 0.258 e. The molecule has 2 aromatic carbocycles. The molecule has 0 saturated carbocycles. The SMILES string of the molecule is O=C(NC1C(=O)NNC1c1ccc(Cl)cc1)c1ccccc1. The molecule has 1 heterocycles. The molecule has 5 nitrogen and oxygen atoms in total. The first-order valence-electron chi connectivity index (χ1n) is 6.82. The molecule has 0 aromatic heterocycles.